The van der Waals surface area contributed by atoms with Crippen LogP contribution in [0.4, 0.5) is 11.5 Å². The SMILES string of the molecule is Cc1nn(C)c(N2CCC(CC(=O)O)CC2)c1[N+](=O)[O-]. The Bertz CT molecular complexity index is 532. The van der Waals surface area contributed by atoms with Gasteiger partial charge in [0.2, 0.25) is 5.82 Å². The summed E-state index contributed by atoms with van der Waals surface area (Å²) < 4.78 is 1.53. The number of hydrogen-bond donors (Lipinski definition) is 1. The predicted octanol–water partition coefficient (Wildman–Crippen LogP) is 1.33. The molecular formula is C12H18N4O4. The lowest BCUT2D eigenvalue weighted by atomic mass is 9.93. The summed E-state index contributed by atoms with van der Waals surface area (Å²) in [7, 11) is 1.69. The van der Waals surface area contributed by atoms with Crippen LogP contribution in [0.1, 0.15) is 25.0 Å². The number of aromatic nitrogens is 2. The lowest BCUT2D eigenvalue weighted by Gasteiger charge is -2.32. The number of carboxylic acids is 1. The van der Waals surface area contributed by atoms with Gasteiger partial charge in [-0.15, -0.1) is 0 Å². The minimum atomic E-state index is -0.786. The first-order valence-electron chi connectivity index (χ1n) is 6.55. The topological polar surface area (TPSA) is 102 Å². The van der Waals surface area contributed by atoms with Crippen molar-refractivity contribution in [3.05, 3.63) is 15.8 Å². The predicted molar refractivity (Wildman–Crippen MR) is 71.8 cm³/mol. The number of rotatable bonds is 4. The summed E-state index contributed by atoms with van der Waals surface area (Å²) in [6.07, 6.45) is 1.63. The summed E-state index contributed by atoms with van der Waals surface area (Å²) >= 11 is 0. The van der Waals surface area contributed by atoms with Crippen LogP contribution in [0.15, 0.2) is 0 Å². The van der Waals surface area contributed by atoms with Gasteiger partial charge in [0.15, 0.2) is 0 Å². The van der Waals surface area contributed by atoms with Gasteiger partial charge in [0, 0.05) is 26.6 Å². The van der Waals surface area contributed by atoms with Crippen molar-refractivity contribution in [2.75, 3.05) is 18.0 Å². The number of nitro groups is 1. The third kappa shape index (κ3) is 2.73. The van der Waals surface area contributed by atoms with Gasteiger partial charge in [-0.3, -0.25) is 14.9 Å². The van der Waals surface area contributed by atoms with E-state index in [4.69, 9.17) is 5.11 Å². The van der Waals surface area contributed by atoms with Crippen LogP contribution in [0.5, 0.6) is 0 Å². The molecule has 0 bridgehead atoms. The number of nitrogens with zero attached hydrogens (tertiary/aromatic N) is 4. The number of carboxylic acid groups (broad SMARTS) is 1. The molecule has 1 N–H and O–H groups in total. The lowest BCUT2D eigenvalue weighted by molar-refractivity contribution is -0.384. The molecule has 20 heavy (non-hydrogen) atoms. The highest BCUT2D eigenvalue weighted by Gasteiger charge is 2.31. The molecule has 110 valence electrons. The number of piperidine rings is 1. The Morgan fingerprint density at radius 3 is 2.60 bits per heavy atom. The number of carbonyl (C=O) groups is 1. The number of aliphatic carboxylic acids is 1. The molecule has 0 radical (unpaired) electrons. The van der Waals surface area contributed by atoms with Crippen molar-refractivity contribution >= 4 is 17.5 Å². The summed E-state index contributed by atoms with van der Waals surface area (Å²) in [5.74, 6) is -0.121. The molecule has 0 aliphatic carbocycles. The Morgan fingerprint density at radius 2 is 2.10 bits per heavy atom. The largest absolute Gasteiger partial charge is 0.481 e. The Morgan fingerprint density at radius 1 is 1.50 bits per heavy atom. The first kappa shape index (κ1) is 14.3. The fourth-order valence-electron chi connectivity index (χ4n) is 2.80. The van der Waals surface area contributed by atoms with Gasteiger partial charge in [0.25, 0.3) is 0 Å². The van der Waals surface area contributed by atoms with Crippen LogP contribution in [-0.4, -0.2) is 38.9 Å². The highest BCUT2D eigenvalue weighted by atomic mass is 16.6. The monoisotopic (exact) mass is 282 g/mol. The molecule has 1 aromatic rings. The first-order chi connectivity index (χ1) is 9.40. The van der Waals surface area contributed by atoms with Crippen molar-refractivity contribution in [2.24, 2.45) is 13.0 Å². The molecular weight excluding hydrogens is 264 g/mol. The van der Waals surface area contributed by atoms with Crippen molar-refractivity contribution in [1.82, 2.24) is 9.78 Å². The van der Waals surface area contributed by atoms with E-state index in [1.807, 2.05) is 4.90 Å². The van der Waals surface area contributed by atoms with Gasteiger partial charge in [0.05, 0.1) is 4.92 Å². The van der Waals surface area contributed by atoms with E-state index in [1.54, 1.807) is 14.0 Å². The zero-order chi connectivity index (χ0) is 14.9. The van der Waals surface area contributed by atoms with Gasteiger partial charge < -0.3 is 10.0 Å². The van der Waals surface area contributed by atoms with Gasteiger partial charge in [-0.25, -0.2) is 4.68 Å². The molecule has 0 amide bonds. The molecule has 0 atom stereocenters. The van der Waals surface area contributed by atoms with Crippen LogP contribution < -0.4 is 4.90 Å². The third-order valence-corrected chi connectivity index (χ3v) is 3.72. The van der Waals surface area contributed by atoms with Crippen LogP contribution in [0.25, 0.3) is 0 Å². The van der Waals surface area contributed by atoms with Gasteiger partial charge in [0.1, 0.15) is 5.69 Å². The Kier molecular flexibility index (Phi) is 3.91. The molecule has 0 unspecified atom stereocenters. The maximum atomic E-state index is 11.2. The van der Waals surface area contributed by atoms with Crippen LogP contribution in [0.3, 0.4) is 0 Å². The van der Waals surface area contributed by atoms with Gasteiger partial charge >= 0.3 is 11.7 Å². The van der Waals surface area contributed by atoms with E-state index in [2.05, 4.69) is 5.10 Å². The van der Waals surface area contributed by atoms with Crippen LogP contribution >= 0.6 is 0 Å². The third-order valence-electron chi connectivity index (χ3n) is 3.72. The van der Waals surface area contributed by atoms with E-state index >= 15 is 0 Å². The fraction of sp³-hybridized carbons (Fsp3) is 0.667. The molecule has 1 aliphatic heterocycles. The van der Waals surface area contributed by atoms with Crippen LogP contribution in [0.2, 0.25) is 0 Å². The zero-order valence-electron chi connectivity index (χ0n) is 11.6. The zero-order valence-corrected chi connectivity index (χ0v) is 11.6. The van der Waals surface area contributed by atoms with Gasteiger partial charge in [-0.2, -0.15) is 5.10 Å². The smallest absolute Gasteiger partial charge is 0.333 e. The van der Waals surface area contributed by atoms with Crippen molar-refractivity contribution in [2.45, 2.75) is 26.2 Å². The maximum absolute atomic E-state index is 11.2. The molecule has 1 aromatic heterocycles. The van der Waals surface area contributed by atoms with E-state index in [0.717, 1.165) is 12.8 Å². The van der Waals surface area contributed by atoms with Crippen LogP contribution in [0, 0.1) is 23.0 Å². The van der Waals surface area contributed by atoms with E-state index in [-0.39, 0.29) is 18.0 Å². The molecule has 8 nitrogen and oxygen atoms in total. The summed E-state index contributed by atoms with van der Waals surface area (Å²) in [6, 6.07) is 0. The highest BCUT2D eigenvalue weighted by molar-refractivity contribution is 5.67. The molecule has 2 heterocycles. The molecule has 1 aliphatic rings. The summed E-state index contributed by atoms with van der Waals surface area (Å²) in [6.45, 7) is 2.87. The molecule has 8 heteroatoms. The van der Waals surface area contributed by atoms with Gasteiger partial charge in [-0.05, 0) is 25.7 Å². The molecule has 0 aromatic carbocycles. The van der Waals surface area contributed by atoms with E-state index in [9.17, 15) is 14.9 Å². The van der Waals surface area contributed by atoms with E-state index in [0.29, 0.717) is 24.6 Å². The van der Waals surface area contributed by atoms with E-state index < -0.39 is 10.9 Å². The fourth-order valence-corrected chi connectivity index (χ4v) is 2.80. The van der Waals surface area contributed by atoms with Crippen molar-refractivity contribution < 1.29 is 14.8 Å². The molecule has 0 saturated carbocycles. The number of hydrogen-bond acceptors (Lipinski definition) is 5. The second kappa shape index (κ2) is 5.48. The first-order valence-corrected chi connectivity index (χ1v) is 6.55. The van der Waals surface area contributed by atoms with Crippen molar-refractivity contribution in [1.29, 1.82) is 0 Å². The minimum Gasteiger partial charge on any atom is -0.481 e. The normalized spacial score (nSPS) is 16.4. The van der Waals surface area contributed by atoms with Crippen molar-refractivity contribution in [3.63, 3.8) is 0 Å². The Hall–Kier alpha value is -2.12. The molecule has 1 saturated heterocycles. The van der Waals surface area contributed by atoms with Crippen LogP contribution in [-0.2, 0) is 11.8 Å². The van der Waals surface area contributed by atoms with Gasteiger partial charge in [-0.1, -0.05) is 0 Å². The second-order valence-corrected chi connectivity index (χ2v) is 5.17. The molecule has 2 rings (SSSR count). The average Bonchev–Trinajstić information content (AvgIpc) is 2.64. The molecule has 1 fully saturated rings. The van der Waals surface area contributed by atoms with Crippen molar-refractivity contribution in [3.8, 4) is 0 Å². The average molecular weight is 282 g/mol. The van der Waals surface area contributed by atoms with E-state index in [1.165, 1.54) is 4.68 Å². The Labute approximate surface area is 116 Å². The number of aryl methyl sites for hydroxylation is 2. The summed E-state index contributed by atoms with van der Waals surface area (Å²) in [5, 5.41) is 24.1. The summed E-state index contributed by atoms with van der Waals surface area (Å²) in [4.78, 5) is 23.4. The Balaban J connectivity index is 2.15. The lowest BCUT2D eigenvalue weighted by Crippen LogP contribution is -2.35. The molecule has 0 spiro atoms. The quantitative estimate of drug-likeness (QED) is 0.660. The number of anilines is 1. The summed E-state index contributed by atoms with van der Waals surface area (Å²) in [5.41, 5.74) is 0.448. The minimum absolute atomic E-state index is 0.0455. The standard InChI is InChI=1S/C12H18N4O4/c1-8-11(16(19)20)12(14(2)13-8)15-5-3-9(4-6-15)7-10(17)18/h9H,3-7H2,1-2H3,(H,17,18). The second-order valence-electron chi connectivity index (χ2n) is 5.17. The maximum Gasteiger partial charge on any atom is 0.333 e. The highest BCUT2D eigenvalue weighted by Crippen LogP contribution is 2.33.